The number of rotatable bonds is 6. The molecule has 0 saturated heterocycles. The second kappa shape index (κ2) is 5.09. The van der Waals surface area contributed by atoms with Gasteiger partial charge in [0.05, 0.1) is 0 Å². The summed E-state index contributed by atoms with van der Waals surface area (Å²) in [5.74, 6) is 0.130. The highest BCUT2D eigenvalue weighted by Gasteiger charge is 2.32. The molecule has 0 aliphatic rings. The van der Waals surface area contributed by atoms with Gasteiger partial charge < -0.3 is 4.74 Å². The predicted molar refractivity (Wildman–Crippen MR) is 50.1 cm³/mol. The minimum atomic E-state index is -0.575. The van der Waals surface area contributed by atoms with Crippen LogP contribution >= 0.6 is 0 Å². The van der Waals surface area contributed by atoms with Crippen molar-refractivity contribution in [1.82, 2.24) is 0 Å². The molecule has 0 aliphatic carbocycles. The van der Waals surface area contributed by atoms with Gasteiger partial charge >= 0.3 is 0 Å². The van der Waals surface area contributed by atoms with E-state index >= 15 is 0 Å². The molecule has 0 N–H and O–H groups in total. The summed E-state index contributed by atoms with van der Waals surface area (Å²) < 4.78 is 5.25. The Bertz CT molecular complexity index is 149. The highest BCUT2D eigenvalue weighted by Crippen LogP contribution is 2.22. The van der Waals surface area contributed by atoms with Gasteiger partial charge in [0, 0.05) is 13.5 Å². The van der Waals surface area contributed by atoms with E-state index < -0.39 is 5.60 Å². The Labute approximate surface area is 74.6 Å². The van der Waals surface area contributed by atoms with Crippen molar-refractivity contribution in [3.05, 3.63) is 12.7 Å². The Morgan fingerprint density at radius 2 is 2.00 bits per heavy atom. The maximum absolute atomic E-state index is 11.6. The van der Waals surface area contributed by atoms with E-state index in [0.717, 1.165) is 12.8 Å². The van der Waals surface area contributed by atoms with Gasteiger partial charge in [0.2, 0.25) is 0 Å². The van der Waals surface area contributed by atoms with Crippen LogP contribution in [0.3, 0.4) is 0 Å². The first-order valence-electron chi connectivity index (χ1n) is 4.36. The molecule has 0 atom stereocenters. The number of hydrogen-bond donors (Lipinski definition) is 0. The fourth-order valence-corrected chi connectivity index (χ4v) is 1.36. The molecule has 0 heterocycles. The van der Waals surface area contributed by atoms with Crippen LogP contribution in [0.4, 0.5) is 0 Å². The summed E-state index contributed by atoms with van der Waals surface area (Å²) in [5, 5.41) is 0. The lowest BCUT2D eigenvalue weighted by Crippen LogP contribution is -2.39. The summed E-state index contributed by atoms with van der Waals surface area (Å²) in [6.45, 7) is 7.47. The molecule has 12 heavy (non-hydrogen) atoms. The maximum Gasteiger partial charge on any atom is 0.168 e. The molecule has 0 saturated carbocycles. The van der Waals surface area contributed by atoms with Crippen molar-refractivity contribution in [3.8, 4) is 0 Å². The highest BCUT2D eigenvalue weighted by molar-refractivity contribution is 5.88. The molecule has 0 aromatic rings. The van der Waals surface area contributed by atoms with E-state index in [1.807, 2.05) is 13.8 Å². The SMILES string of the molecule is C=CCC(=O)C(CC)(CC)OC. The molecule has 0 bridgehead atoms. The van der Waals surface area contributed by atoms with Crippen molar-refractivity contribution in [2.45, 2.75) is 38.7 Å². The third-order valence-corrected chi connectivity index (χ3v) is 2.37. The van der Waals surface area contributed by atoms with Gasteiger partial charge in [0.25, 0.3) is 0 Å². The Kier molecular flexibility index (Phi) is 4.83. The van der Waals surface area contributed by atoms with E-state index in [1.165, 1.54) is 0 Å². The van der Waals surface area contributed by atoms with Crippen molar-refractivity contribution in [2.24, 2.45) is 0 Å². The van der Waals surface area contributed by atoms with Gasteiger partial charge in [-0.2, -0.15) is 0 Å². The number of methoxy groups -OCH3 is 1. The summed E-state index contributed by atoms with van der Waals surface area (Å²) >= 11 is 0. The third kappa shape index (κ3) is 2.18. The molecule has 0 radical (unpaired) electrons. The van der Waals surface area contributed by atoms with Crippen LogP contribution in [-0.4, -0.2) is 18.5 Å². The van der Waals surface area contributed by atoms with E-state index in [-0.39, 0.29) is 5.78 Å². The van der Waals surface area contributed by atoms with Crippen LogP contribution in [0, 0.1) is 0 Å². The van der Waals surface area contributed by atoms with Crippen molar-refractivity contribution < 1.29 is 9.53 Å². The zero-order valence-electron chi connectivity index (χ0n) is 8.22. The summed E-state index contributed by atoms with van der Waals surface area (Å²) in [5.41, 5.74) is -0.575. The third-order valence-electron chi connectivity index (χ3n) is 2.37. The van der Waals surface area contributed by atoms with Crippen LogP contribution in [-0.2, 0) is 9.53 Å². The number of ketones is 1. The molecular formula is C10H18O2. The number of Topliss-reactive ketones (excluding diaryl/α,β-unsaturated/α-hetero) is 1. The average molecular weight is 170 g/mol. The van der Waals surface area contributed by atoms with Crippen molar-refractivity contribution in [2.75, 3.05) is 7.11 Å². The lowest BCUT2D eigenvalue weighted by molar-refractivity contribution is -0.141. The van der Waals surface area contributed by atoms with Gasteiger partial charge in [-0.3, -0.25) is 4.79 Å². The van der Waals surface area contributed by atoms with E-state index in [9.17, 15) is 4.79 Å². The van der Waals surface area contributed by atoms with Crippen LogP contribution < -0.4 is 0 Å². The lowest BCUT2D eigenvalue weighted by atomic mass is 9.90. The molecule has 0 aromatic heterocycles. The summed E-state index contributed by atoms with van der Waals surface area (Å²) in [6.07, 6.45) is 3.48. The standard InChI is InChI=1S/C10H18O2/c1-5-8-9(11)10(6-2,7-3)12-4/h5H,1,6-8H2,2-4H3. The van der Waals surface area contributed by atoms with E-state index in [0.29, 0.717) is 6.42 Å². The Morgan fingerprint density at radius 3 is 2.25 bits per heavy atom. The minimum Gasteiger partial charge on any atom is -0.370 e. The monoisotopic (exact) mass is 170 g/mol. The van der Waals surface area contributed by atoms with Crippen LogP contribution in [0.2, 0.25) is 0 Å². The maximum atomic E-state index is 11.6. The van der Waals surface area contributed by atoms with Crippen molar-refractivity contribution >= 4 is 5.78 Å². The van der Waals surface area contributed by atoms with Crippen LogP contribution in [0.15, 0.2) is 12.7 Å². The fourth-order valence-electron chi connectivity index (χ4n) is 1.36. The normalized spacial score (nSPS) is 11.2. The summed E-state index contributed by atoms with van der Waals surface area (Å²) in [7, 11) is 1.59. The number of carbonyl (C=O) groups excluding carboxylic acids is 1. The fraction of sp³-hybridized carbons (Fsp3) is 0.700. The Hall–Kier alpha value is -0.630. The highest BCUT2D eigenvalue weighted by atomic mass is 16.5. The zero-order chi connectivity index (χ0) is 9.61. The molecule has 70 valence electrons. The molecular weight excluding hydrogens is 152 g/mol. The van der Waals surface area contributed by atoms with Gasteiger partial charge in [-0.05, 0) is 12.8 Å². The topological polar surface area (TPSA) is 26.3 Å². The molecule has 0 rings (SSSR count). The minimum absolute atomic E-state index is 0.130. The van der Waals surface area contributed by atoms with E-state index in [4.69, 9.17) is 4.74 Å². The van der Waals surface area contributed by atoms with Gasteiger partial charge in [0.1, 0.15) is 5.60 Å². The second-order valence-corrected chi connectivity index (χ2v) is 2.82. The first-order valence-corrected chi connectivity index (χ1v) is 4.36. The lowest BCUT2D eigenvalue weighted by Gasteiger charge is -2.27. The summed E-state index contributed by atoms with van der Waals surface area (Å²) in [4.78, 5) is 11.6. The van der Waals surface area contributed by atoms with Gasteiger partial charge in [-0.25, -0.2) is 0 Å². The molecule has 2 nitrogen and oxygen atoms in total. The first-order chi connectivity index (χ1) is 5.66. The Balaban J connectivity index is 4.46. The molecule has 0 aliphatic heterocycles. The van der Waals surface area contributed by atoms with Crippen molar-refractivity contribution in [3.63, 3.8) is 0 Å². The van der Waals surface area contributed by atoms with Gasteiger partial charge in [0.15, 0.2) is 5.78 Å². The van der Waals surface area contributed by atoms with Crippen LogP contribution in [0.5, 0.6) is 0 Å². The first kappa shape index (κ1) is 11.4. The Morgan fingerprint density at radius 1 is 1.50 bits per heavy atom. The molecule has 0 amide bonds. The van der Waals surface area contributed by atoms with Crippen LogP contribution in [0.1, 0.15) is 33.1 Å². The largest absolute Gasteiger partial charge is 0.370 e. The quantitative estimate of drug-likeness (QED) is 0.572. The molecule has 0 fully saturated rings. The predicted octanol–water partition coefficient (Wildman–Crippen LogP) is 2.34. The second-order valence-electron chi connectivity index (χ2n) is 2.82. The molecule has 0 unspecified atom stereocenters. The smallest absolute Gasteiger partial charge is 0.168 e. The van der Waals surface area contributed by atoms with E-state index in [2.05, 4.69) is 6.58 Å². The molecule has 2 heteroatoms. The average Bonchev–Trinajstić information content (AvgIpc) is 2.09. The zero-order valence-corrected chi connectivity index (χ0v) is 8.22. The summed E-state index contributed by atoms with van der Waals surface area (Å²) in [6, 6.07) is 0. The van der Waals surface area contributed by atoms with Crippen molar-refractivity contribution in [1.29, 1.82) is 0 Å². The molecule has 0 spiro atoms. The number of hydrogen-bond acceptors (Lipinski definition) is 2. The van der Waals surface area contributed by atoms with Gasteiger partial charge in [-0.15, -0.1) is 6.58 Å². The number of ether oxygens (including phenoxy) is 1. The molecule has 0 aromatic carbocycles. The number of allylic oxidation sites excluding steroid dienone is 1. The van der Waals surface area contributed by atoms with Gasteiger partial charge in [-0.1, -0.05) is 19.9 Å². The number of carbonyl (C=O) groups is 1. The van der Waals surface area contributed by atoms with Crippen LogP contribution in [0.25, 0.3) is 0 Å². The van der Waals surface area contributed by atoms with E-state index in [1.54, 1.807) is 13.2 Å².